The lowest BCUT2D eigenvalue weighted by molar-refractivity contribution is 0.394. The van der Waals surface area contributed by atoms with Crippen molar-refractivity contribution in [1.29, 1.82) is 0 Å². The van der Waals surface area contributed by atoms with Crippen molar-refractivity contribution < 1.29 is 9.47 Å². The van der Waals surface area contributed by atoms with Gasteiger partial charge in [0.25, 0.3) is 0 Å². The molecule has 0 amide bonds. The van der Waals surface area contributed by atoms with Crippen molar-refractivity contribution in [2.24, 2.45) is 4.99 Å². The van der Waals surface area contributed by atoms with Crippen LogP contribution in [0.15, 0.2) is 23.2 Å². The van der Waals surface area contributed by atoms with Gasteiger partial charge >= 0.3 is 0 Å². The monoisotopic (exact) mass is 441 g/mol. The van der Waals surface area contributed by atoms with Crippen LogP contribution >= 0.6 is 0 Å². The first-order valence-corrected chi connectivity index (χ1v) is 11.6. The Labute approximate surface area is 190 Å². The summed E-state index contributed by atoms with van der Waals surface area (Å²) in [6, 6.07) is 6.32. The summed E-state index contributed by atoms with van der Waals surface area (Å²) in [6.07, 6.45) is 5.69. The van der Waals surface area contributed by atoms with Crippen LogP contribution < -0.4 is 25.0 Å². The van der Waals surface area contributed by atoms with Gasteiger partial charge in [0.2, 0.25) is 0 Å². The van der Waals surface area contributed by atoms with E-state index in [1.807, 2.05) is 6.07 Å². The molecule has 1 atom stereocenters. The van der Waals surface area contributed by atoms with Gasteiger partial charge in [-0.2, -0.15) is 0 Å². The van der Waals surface area contributed by atoms with Gasteiger partial charge in [0.05, 0.1) is 14.2 Å². The molecular weight excluding hydrogens is 406 g/mol. The fraction of sp³-hybridized carbons (Fsp3) is 0.609. The van der Waals surface area contributed by atoms with Gasteiger partial charge in [-0.3, -0.25) is 0 Å². The molecule has 2 N–H and O–H groups in total. The number of nitrogens with zero attached hydrogens (tertiary/aromatic N) is 5. The summed E-state index contributed by atoms with van der Waals surface area (Å²) in [5.74, 6) is 4.49. The molecule has 9 nitrogen and oxygen atoms in total. The van der Waals surface area contributed by atoms with E-state index in [-0.39, 0.29) is 0 Å². The van der Waals surface area contributed by atoms with Crippen LogP contribution in [0.2, 0.25) is 0 Å². The van der Waals surface area contributed by atoms with Crippen molar-refractivity contribution in [2.75, 3.05) is 38.8 Å². The van der Waals surface area contributed by atoms with Gasteiger partial charge in [-0.05, 0) is 26.2 Å². The van der Waals surface area contributed by atoms with E-state index in [4.69, 9.17) is 14.5 Å². The lowest BCUT2D eigenvalue weighted by atomic mass is 10.2. The Morgan fingerprint density at radius 1 is 1.09 bits per heavy atom. The zero-order valence-corrected chi connectivity index (χ0v) is 19.4. The highest BCUT2D eigenvalue weighted by Gasteiger charge is 2.24. The Morgan fingerprint density at radius 3 is 2.66 bits per heavy atom. The number of hydrogen-bond donors (Lipinski definition) is 2. The second-order valence-corrected chi connectivity index (χ2v) is 8.34. The Balaban J connectivity index is 1.40. The fourth-order valence-corrected chi connectivity index (χ4v) is 4.41. The highest BCUT2D eigenvalue weighted by atomic mass is 16.5. The van der Waals surface area contributed by atoms with Crippen molar-refractivity contribution in [3.63, 3.8) is 0 Å². The molecule has 32 heavy (non-hydrogen) atoms. The summed E-state index contributed by atoms with van der Waals surface area (Å²) in [5, 5.41) is 15.8. The third kappa shape index (κ3) is 5.26. The van der Waals surface area contributed by atoms with Crippen LogP contribution in [0.4, 0.5) is 5.69 Å². The fourth-order valence-electron chi connectivity index (χ4n) is 4.41. The van der Waals surface area contributed by atoms with Gasteiger partial charge in [0, 0.05) is 62.5 Å². The van der Waals surface area contributed by atoms with Crippen LogP contribution in [-0.4, -0.2) is 60.6 Å². The van der Waals surface area contributed by atoms with Crippen LogP contribution in [0.3, 0.4) is 0 Å². The number of benzene rings is 1. The number of rotatable bonds is 7. The van der Waals surface area contributed by atoms with Crippen molar-refractivity contribution in [2.45, 2.75) is 58.2 Å². The Hall–Kier alpha value is -2.97. The molecule has 0 aliphatic carbocycles. The summed E-state index contributed by atoms with van der Waals surface area (Å²) in [7, 11) is 3.36. The molecule has 174 valence electrons. The van der Waals surface area contributed by atoms with Crippen molar-refractivity contribution in [3.8, 4) is 11.5 Å². The molecule has 3 heterocycles. The largest absolute Gasteiger partial charge is 0.497 e. The first kappa shape index (κ1) is 22.2. The minimum absolute atomic E-state index is 0.306. The van der Waals surface area contributed by atoms with Crippen LogP contribution in [0.5, 0.6) is 11.5 Å². The molecule has 2 aromatic rings. The minimum Gasteiger partial charge on any atom is -0.497 e. The molecule has 1 aromatic carbocycles. The molecule has 0 radical (unpaired) electrons. The van der Waals surface area contributed by atoms with E-state index >= 15 is 0 Å². The summed E-state index contributed by atoms with van der Waals surface area (Å²) in [4.78, 5) is 7.18. The summed E-state index contributed by atoms with van der Waals surface area (Å²) < 4.78 is 13.1. The van der Waals surface area contributed by atoms with Crippen LogP contribution in [0.25, 0.3) is 0 Å². The van der Waals surface area contributed by atoms with E-state index in [1.54, 1.807) is 14.2 Å². The highest BCUT2D eigenvalue weighted by molar-refractivity contribution is 5.80. The first-order valence-electron chi connectivity index (χ1n) is 11.6. The van der Waals surface area contributed by atoms with Gasteiger partial charge in [-0.25, -0.2) is 4.99 Å². The third-order valence-electron chi connectivity index (χ3n) is 6.14. The van der Waals surface area contributed by atoms with Crippen LogP contribution in [0.1, 0.15) is 44.3 Å². The van der Waals surface area contributed by atoms with Crippen LogP contribution in [0, 0.1) is 0 Å². The van der Waals surface area contributed by atoms with E-state index in [2.05, 4.69) is 49.4 Å². The topological polar surface area (TPSA) is 88.8 Å². The lowest BCUT2D eigenvalue weighted by Crippen LogP contribution is -2.44. The molecule has 1 unspecified atom stereocenters. The maximum atomic E-state index is 5.43. The van der Waals surface area contributed by atoms with Gasteiger partial charge < -0.3 is 29.6 Å². The lowest BCUT2D eigenvalue weighted by Gasteiger charge is -2.21. The number of nitrogens with one attached hydrogen (secondary N) is 2. The second-order valence-electron chi connectivity index (χ2n) is 8.34. The maximum Gasteiger partial charge on any atom is 0.191 e. The summed E-state index contributed by atoms with van der Waals surface area (Å²) in [6.45, 7) is 6.29. The number of guanidine groups is 1. The standard InChI is InChI=1S/C23H35N7O2/c1-4-24-23(25-15-22-28-27-21-8-6-5-7-10-30(21)22)26-17-9-11-29(16-17)18-12-19(31-2)14-20(13-18)32-3/h12-14,17H,4-11,15-16H2,1-3H3,(H2,24,25,26). The maximum absolute atomic E-state index is 5.43. The van der Waals surface area contributed by atoms with Gasteiger partial charge in [0.1, 0.15) is 23.9 Å². The second kappa shape index (κ2) is 10.6. The molecule has 1 fully saturated rings. The summed E-state index contributed by atoms with van der Waals surface area (Å²) in [5.41, 5.74) is 1.11. The zero-order chi connectivity index (χ0) is 22.3. The molecule has 1 saturated heterocycles. The average molecular weight is 442 g/mol. The number of aromatic nitrogens is 3. The number of ether oxygens (including phenoxy) is 2. The SMILES string of the molecule is CCNC(=NCc1nnc2n1CCCCC2)NC1CCN(c2cc(OC)cc(OC)c2)C1. The predicted molar refractivity (Wildman–Crippen MR) is 126 cm³/mol. The third-order valence-corrected chi connectivity index (χ3v) is 6.14. The normalized spacial score (nSPS) is 18.8. The quantitative estimate of drug-likeness (QED) is 0.504. The first-order chi connectivity index (χ1) is 15.7. The number of fused-ring (bicyclic) bond motifs is 1. The van der Waals surface area contributed by atoms with E-state index < -0.39 is 0 Å². The highest BCUT2D eigenvalue weighted by Crippen LogP contribution is 2.30. The van der Waals surface area contributed by atoms with Crippen molar-refractivity contribution in [1.82, 2.24) is 25.4 Å². The zero-order valence-electron chi connectivity index (χ0n) is 19.4. The van der Waals surface area contributed by atoms with Gasteiger partial charge in [-0.1, -0.05) is 6.42 Å². The molecular formula is C23H35N7O2. The molecule has 0 saturated carbocycles. The number of aliphatic imine (C=N–C) groups is 1. The Morgan fingerprint density at radius 2 is 1.91 bits per heavy atom. The predicted octanol–water partition coefficient (Wildman–Crippen LogP) is 2.36. The molecule has 4 rings (SSSR count). The molecule has 0 bridgehead atoms. The van der Waals surface area contributed by atoms with E-state index in [0.29, 0.717) is 12.6 Å². The smallest absolute Gasteiger partial charge is 0.191 e. The van der Waals surface area contributed by atoms with Gasteiger partial charge in [-0.15, -0.1) is 10.2 Å². The molecule has 1 aromatic heterocycles. The average Bonchev–Trinajstić information content (AvgIpc) is 3.37. The minimum atomic E-state index is 0.306. The van der Waals surface area contributed by atoms with E-state index in [9.17, 15) is 0 Å². The van der Waals surface area contributed by atoms with Gasteiger partial charge in [0.15, 0.2) is 11.8 Å². The Bertz CT molecular complexity index is 905. The van der Waals surface area contributed by atoms with Crippen molar-refractivity contribution >= 4 is 11.6 Å². The van der Waals surface area contributed by atoms with E-state index in [0.717, 1.165) is 73.8 Å². The Kier molecular flexibility index (Phi) is 7.34. The number of anilines is 1. The molecule has 2 aliphatic rings. The molecule has 0 spiro atoms. The summed E-state index contributed by atoms with van der Waals surface area (Å²) >= 11 is 0. The van der Waals surface area contributed by atoms with Crippen molar-refractivity contribution in [3.05, 3.63) is 29.8 Å². The number of methoxy groups -OCH3 is 2. The molecule has 2 aliphatic heterocycles. The molecule has 9 heteroatoms. The number of aryl methyl sites for hydroxylation is 1. The van der Waals surface area contributed by atoms with Crippen LogP contribution in [-0.2, 0) is 19.5 Å². The number of hydrogen-bond acceptors (Lipinski definition) is 6. The van der Waals surface area contributed by atoms with E-state index in [1.165, 1.54) is 19.3 Å².